The summed E-state index contributed by atoms with van der Waals surface area (Å²) in [7, 11) is 3.22. The quantitative estimate of drug-likeness (QED) is 0.678. The highest BCUT2D eigenvalue weighted by Crippen LogP contribution is 2.29. The normalized spacial score (nSPS) is 19.7. The molecule has 0 bridgehead atoms. The molecule has 2 aliphatic rings. The highest BCUT2D eigenvalue weighted by atomic mass is 16.5. The minimum absolute atomic E-state index is 0.0622. The predicted molar refractivity (Wildman–Crippen MR) is 115 cm³/mol. The molecule has 4 rings (SSSR count). The summed E-state index contributed by atoms with van der Waals surface area (Å²) in [6, 6.07) is 6.19. The minimum Gasteiger partial charge on any atom is -0.493 e. The van der Waals surface area contributed by atoms with E-state index in [0.29, 0.717) is 43.5 Å². The third-order valence-corrected chi connectivity index (χ3v) is 6.40. The number of nitrogens with zero attached hydrogens (tertiary/aromatic N) is 4. The average Bonchev–Trinajstić information content (AvgIpc) is 3.47. The van der Waals surface area contributed by atoms with Crippen molar-refractivity contribution in [2.24, 2.45) is 5.92 Å². The molecule has 8 heteroatoms. The summed E-state index contributed by atoms with van der Waals surface area (Å²) < 4.78 is 12.8. The van der Waals surface area contributed by atoms with Gasteiger partial charge in [0, 0.05) is 51.0 Å². The maximum Gasteiger partial charge on any atom is 0.227 e. The lowest BCUT2D eigenvalue weighted by atomic mass is 10.0. The van der Waals surface area contributed by atoms with Gasteiger partial charge in [-0.2, -0.15) is 0 Å². The highest BCUT2D eigenvalue weighted by molar-refractivity contribution is 5.89. The first-order valence-corrected chi connectivity index (χ1v) is 10.8. The molecule has 2 fully saturated rings. The van der Waals surface area contributed by atoms with Gasteiger partial charge in [-0.25, -0.2) is 4.98 Å². The van der Waals surface area contributed by atoms with Crippen LogP contribution in [0.4, 0.5) is 0 Å². The number of aromatic nitrogens is 2. The van der Waals surface area contributed by atoms with Crippen LogP contribution in [0.25, 0.3) is 0 Å². The van der Waals surface area contributed by atoms with E-state index in [0.717, 1.165) is 31.5 Å². The zero-order valence-corrected chi connectivity index (χ0v) is 18.2. The zero-order valence-electron chi connectivity index (χ0n) is 18.2. The molecule has 2 amide bonds. The average molecular weight is 427 g/mol. The molecule has 0 saturated carbocycles. The molecule has 0 N–H and O–H groups in total. The van der Waals surface area contributed by atoms with Crippen LogP contribution in [0.5, 0.6) is 11.5 Å². The second-order valence-corrected chi connectivity index (χ2v) is 8.25. The van der Waals surface area contributed by atoms with E-state index in [1.165, 1.54) is 0 Å². The Kier molecular flexibility index (Phi) is 6.44. The van der Waals surface area contributed by atoms with Crippen LogP contribution < -0.4 is 9.47 Å². The van der Waals surface area contributed by atoms with E-state index < -0.39 is 0 Å². The van der Waals surface area contributed by atoms with Crippen LogP contribution in [0.1, 0.15) is 30.9 Å². The maximum absolute atomic E-state index is 13.0. The molecular weight excluding hydrogens is 396 g/mol. The Balaban J connectivity index is 1.28. The van der Waals surface area contributed by atoms with Crippen LogP contribution >= 0.6 is 0 Å². The number of benzene rings is 1. The summed E-state index contributed by atoms with van der Waals surface area (Å²) in [5, 5.41) is 0. The van der Waals surface area contributed by atoms with Crippen molar-refractivity contribution < 1.29 is 19.1 Å². The van der Waals surface area contributed by atoms with E-state index in [9.17, 15) is 9.59 Å². The second kappa shape index (κ2) is 9.41. The summed E-state index contributed by atoms with van der Waals surface area (Å²) >= 11 is 0. The lowest BCUT2D eigenvalue weighted by molar-refractivity contribution is -0.137. The summed E-state index contributed by atoms with van der Waals surface area (Å²) in [6.45, 7) is 2.57. The zero-order chi connectivity index (χ0) is 21.8. The molecule has 0 spiro atoms. The number of piperidine rings is 1. The minimum atomic E-state index is -0.234. The summed E-state index contributed by atoms with van der Waals surface area (Å²) in [5.74, 6) is 1.31. The highest BCUT2D eigenvalue weighted by Gasteiger charge is 2.37. The van der Waals surface area contributed by atoms with Gasteiger partial charge in [-0.05, 0) is 37.0 Å². The van der Waals surface area contributed by atoms with Gasteiger partial charge >= 0.3 is 0 Å². The number of carbonyl (C=O) groups is 2. The Hall–Kier alpha value is -3.03. The number of amides is 2. The van der Waals surface area contributed by atoms with Crippen LogP contribution in [0, 0.1) is 5.92 Å². The molecule has 3 heterocycles. The van der Waals surface area contributed by atoms with Crippen LogP contribution in [0.3, 0.4) is 0 Å². The number of carbonyl (C=O) groups excluding carboxylic acids is 2. The summed E-state index contributed by atoms with van der Waals surface area (Å²) in [6.07, 6.45) is 8.48. The molecule has 1 atom stereocenters. The van der Waals surface area contributed by atoms with Crippen LogP contribution in [0.15, 0.2) is 36.9 Å². The first-order chi connectivity index (χ1) is 15.1. The third kappa shape index (κ3) is 4.68. The Bertz CT molecular complexity index is 906. The Labute approximate surface area is 182 Å². The van der Waals surface area contributed by atoms with Gasteiger partial charge in [-0.15, -0.1) is 0 Å². The van der Waals surface area contributed by atoms with Crippen molar-refractivity contribution in [2.45, 2.75) is 31.7 Å². The van der Waals surface area contributed by atoms with Crippen LogP contribution in [-0.4, -0.2) is 71.6 Å². The van der Waals surface area contributed by atoms with E-state index in [-0.39, 0.29) is 17.7 Å². The largest absolute Gasteiger partial charge is 0.493 e. The number of likely N-dealkylation sites (tertiary alicyclic amines) is 2. The molecule has 1 aromatic carbocycles. The van der Waals surface area contributed by atoms with Crippen molar-refractivity contribution in [1.82, 2.24) is 19.4 Å². The molecule has 2 aliphatic heterocycles. The summed E-state index contributed by atoms with van der Waals surface area (Å²) in [5.41, 5.74) is 1.07. The van der Waals surface area contributed by atoms with Gasteiger partial charge < -0.3 is 23.8 Å². The van der Waals surface area contributed by atoms with E-state index >= 15 is 0 Å². The molecule has 0 radical (unpaired) electrons. The van der Waals surface area contributed by atoms with E-state index in [4.69, 9.17) is 9.47 Å². The molecule has 166 valence electrons. The predicted octanol–water partition coefficient (Wildman–Crippen LogP) is 2.15. The number of ether oxygens (including phenoxy) is 2. The molecular formula is C23H30N4O4. The Morgan fingerprint density at radius 1 is 1.16 bits per heavy atom. The van der Waals surface area contributed by atoms with E-state index in [2.05, 4.69) is 9.55 Å². The van der Waals surface area contributed by atoms with Crippen molar-refractivity contribution in [1.29, 1.82) is 0 Å². The lowest BCUT2D eigenvalue weighted by Gasteiger charge is -2.34. The van der Waals surface area contributed by atoms with Crippen LogP contribution in [-0.2, 0) is 16.0 Å². The van der Waals surface area contributed by atoms with Crippen molar-refractivity contribution in [2.75, 3.05) is 40.4 Å². The van der Waals surface area contributed by atoms with Gasteiger partial charge in [0.15, 0.2) is 11.5 Å². The standard InChI is InChI=1S/C23H30N4O4/c1-30-20-4-3-17(13-21(20)31-2)5-9-26-15-18(14-22(26)28)23(29)25-10-6-19(7-11-25)27-12-8-24-16-27/h3-4,8,12-13,16,18-19H,5-7,9-11,14-15H2,1-2H3. The molecule has 8 nitrogen and oxygen atoms in total. The van der Waals surface area contributed by atoms with Crippen molar-refractivity contribution in [3.63, 3.8) is 0 Å². The molecule has 0 aliphatic carbocycles. The fourth-order valence-corrected chi connectivity index (χ4v) is 4.58. The van der Waals surface area contributed by atoms with Gasteiger partial charge in [-0.3, -0.25) is 9.59 Å². The Morgan fingerprint density at radius 2 is 1.94 bits per heavy atom. The molecule has 2 aromatic rings. The number of rotatable bonds is 7. The Morgan fingerprint density at radius 3 is 2.61 bits per heavy atom. The summed E-state index contributed by atoms with van der Waals surface area (Å²) in [4.78, 5) is 33.4. The third-order valence-electron chi connectivity index (χ3n) is 6.40. The molecule has 2 saturated heterocycles. The molecule has 31 heavy (non-hydrogen) atoms. The molecule has 1 aromatic heterocycles. The van der Waals surface area contributed by atoms with Gasteiger partial charge in [0.25, 0.3) is 0 Å². The topological polar surface area (TPSA) is 76.9 Å². The van der Waals surface area contributed by atoms with Gasteiger partial charge in [-0.1, -0.05) is 6.07 Å². The number of imidazole rings is 1. The lowest BCUT2D eigenvalue weighted by Crippen LogP contribution is -2.42. The van der Waals surface area contributed by atoms with Crippen molar-refractivity contribution >= 4 is 11.8 Å². The maximum atomic E-state index is 13.0. The number of methoxy groups -OCH3 is 2. The van der Waals surface area contributed by atoms with Crippen molar-refractivity contribution in [3.05, 3.63) is 42.5 Å². The fraction of sp³-hybridized carbons (Fsp3) is 0.522. The van der Waals surface area contributed by atoms with E-state index in [1.54, 1.807) is 20.4 Å². The number of hydrogen-bond donors (Lipinski definition) is 0. The second-order valence-electron chi connectivity index (χ2n) is 8.25. The van der Waals surface area contributed by atoms with Gasteiger partial charge in [0.2, 0.25) is 11.8 Å². The number of hydrogen-bond acceptors (Lipinski definition) is 5. The SMILES string of the molecule is COc1ccc(CCN2CC(C(=O)N3CCC(n4ccnc4)CC3)CC2=O)cc1OC. The van der Waals surface area contributed by atoms with Gasteiger partial charge in [0.1, 0.15) is 0 Å². The first kappa shape index (κ1) is 21.2. The molecule has 1 unspecified atom stereocenters. The van der Waals surface area contributed by atoms with Crippen LogP contribution in [0.2, 0.25) is 0 Å². The van der Waals surface area contributed by atoms with Crippen molar-refractivity contribution in [3.8, 4) is 11.5 Å². The fourth-order valence-electron chi connectivity index (χ4n) is 4.58. The first-order valence-electron chi connectivity index (χ1n) is 10.8. The van der Waals surface area contributed by atoms with E-state index in [1.807, 2.05) is 40.5 Å². The smallest absolute Gasteiger partial charge is 0.227 e. The monoisotopic (exact) mass is 426 g/mol. The van der Waals surface area contributed by atoms with Gasteiger partial charge in [0.05, 0.1) is 26.5 Å².